The molecule has 0 spiro atoms. The minimum Gasteiger partial charge on any atom is -0.300 e. The minimum absolute atomic E-state index is 0.134. The minimum atomic E-state index is -0.134. The molecule has 2 rings (SSSR count). The number of hydrogen-bond donors (Lipinski definition) is 0. The second kappa shape index (κ2) is 5.91. The Balaban J connectivity index is 0.000000162. The maximum atomic E-state index is 12.6. The van der Waals surface area contributed by atoms with Crippen molar-refractivity contribution in [3.8, 4) is 0 Å². The van der Waals surface area contributed by atoms with Crippen molar-refractivity contribution in [2.75, 3.05) is 6.26 Å². The Kier molecular flexibility index (Phi) is 4.82. The zero-order valence-electron chi connectivity index (χ0n) is 9.00. The molecule has 1 nitrogen and oxygen atoms in total. The summed E-state index contributed by atoms with van der Waals surface area (Å²) in [5, 5.41) is 0. The van der Waals surface area contributed by atoms with Crippen molar-refractivity contribution in [3.05, 3.63) is 30.1 Å². The van der Waals surface area contributed by atoms with Gasteiger partial charge in [0.2, 0.25) is 0 Å². The van der Waals surface area contributed by atoms with Crippen LogP contribution in [0, 0.1) is 11.7 Å². The predicted octanol–water partition coefficient (Wildman–Crippen LogP) is 3.53. The second-order valence-corrected chi connectivity index (χ2v) is 4.37. The van der Waals surface area contributed by atoms with Crippen LogP contribution in [-0.4, -0.2) is 12.0 Å². The smallest absolute Gasteiger partial charge is 0.136 e. The van der Waals surface area contributed by atoms with Gasteiger partial charge in [-0.2, -0.15) is 0 Å². The van der Waals surface area contributed by atoms with E-state index in [0.29, 0.717) is 16.6 Å². The maximum absolute atomic E-state index is 12.6. The highest BCUT2D eigenvalue weighted by Crippen LogP contribution is 2.29. The molecule has 15 heavy (non-hydrogen) atoms. The monoisotopic (exact) mass is 226 g/mol. The molecule has 1 aromatic carbocycles. The summed E-state index contributed by atoms with van der Waals surface area (Å²) in [7, 11) is 0. The van der Waals surface area contributed by atoms with E-state index in [1.807, 2.05) is 12.3 Å². The number of thioether (sulfide) groups is 1. The third-order valence-electron chi connectivity index (χ3n) is 2.21. The van der Waals surface area contributed by atoms with Crippen molar-refractivity contribution in [3.63, 3.8) is 0 Å². The summed E-state index contributed by atoms with van der Waals surface area (Å²) in [4.78, 5) is 10.9. The first kappa shape index (κ1) is 12.2. The SMILES string of the molecule is CC(=O)C1CC1.CSc1ccccc1F. The average molecular weight is 226 g/mol. The van der Waals surface area contributed by atoms with E-state index in [4.69, 9.17) is 0 Å². The molecule has 1 aliphatic rings. The average Bonchev–Trinajstić information content (AvgIpc) is 3.02. The van der Waals surface area contributed by atoms with Crippen molar-refractivity contribution in [1.82, 2.24) is 0 Å². The highest BCUT2D eigenvalue weighted by atomic mass is 32.2. The number of carbonyl (C=O) groups is 1. The van der Waals surface area contributed by atoms with Gasteiger partial charge in [-0.25, -0.2) is 4.39 Å². The number of carbonyl (C=O) groups excluding carboxylic acids is 1. The number of hydrogen-bond acceptors (Lipinski definition) is 2. The summed E-state index contributed by atoms with van der Waals surface area (Å²) in [5.74, 6) is 0.699. The number of ketones is 1. The van der Waals surface area contributed by atoms with Crippen molar-refractivity contribution in [1.29, 1.82) is 0 Å². The Morgan fingerprint density at radius 3 is 2.27 bits per heavy atom. The quantitative estimate of drug-likeness (QED) is 0.717. The molecule has 1 aromatic rings. The van der Waals surface area contributed by atoms with E-state index in [1.54, 1.807) is 19.1 Å². The lowest BCUT2D eigenvalue weighted by atomic mass is 10.3. The van der Waals surface area contributed by atoms with Crippen LogP contribution < -0.4 is 0 Å². The zero-order valence-corrected chi connectivity index (χ0v) is 9.81. The number of benzene rings is 1. The van der Waals surface area contributed by atoms with Gasteiger partial charge in [-0.15, -0.1) is 11.8 Å². The topological polar surface area (TPSA) is 17.1 Å². The molecule has 0 bridgehead atoms. The van der Waals surface area contributed by atoms with Crippen molar-refractivity contribution in [2.45, 2.75) is 24.7 Å². The van der Waals surface area contributed by atoms with Gasteiger partial charge in [-0.3, -0.25) is 4.79 Å². The van der Waals surface area contributed by atoms with E-state index in [-0.39, 0.29) is 5.82 Å². The van der Waals surface area contributed by atoms with Crippen LogP contribution in [0.4, 0.5) is 4.39 Å². The van der Waals surface area contributed by atoms with Crippen LogP contribution in [0.5, 0.6) is 0 Å². The van der Waals surface area contributed by atoms with Crippen LogP contribution in [0.1, 0.15) is 19.8 Å². The molecule has 0 unspecified atom stereocenters. The first-order valence-corrected chi connectivity index (χ1v) is 6.16. The normalized spacial score (nSPS) is 14.1. The van der Waals surface area contributed by atoms with Gasteiger partial charge in [-0.05, 0) is 38.2 Å². The van der Waals surface area contributed by atoms with E-state index >= 15 is 0 Å². The molecular formula is C12H15FOS. The molecule has 1 fully saturated rings. The van der Waals surface area contributed by atoms with E-state index in [1.165, 1.54) is 17.8 Å². The zero-order chi connectivity index (χ0) is 11.3. The summed E-state index contributed by atoms with van der Waals surface area (Å²) in [6, 6.07) is 6.75. The van der Waals surface area contributed by atoms with Crippen LogP contribution in [0.3, 0.4) is 0 Å². The largest absolute Gasteiger partial charge is 0.300 e. The Bertz CT molecular complexity index is 334. The van der Waals surface area contributed by atoms with Crippen molar-refractivity contribution >= 4 is 17.5 Å². The van der Waals surface area contributed by atoms with Crippen molar-refractivity contribution in [2.24, 2.45) is 5.92 Å². The summed E-state index contributed by atoms with van der Waals surface area (Å²) in [6.07, 6.45) is 4.16. The molecule has 0 atom stereocenters. The van der Waals surface area contributed by atoms with Crippen LogP contribution in [-0.2, 0) is 4.79 Å². The molecule has 0 N–H and O–H groups in total. The Labute approximate surface area is 94.1 Å². The lowest BCUT2D eigenvalue weighted by Gasteiger charge is -1.94. The molecule has 0 saturated heterocycles. The maximum Gasteiger partial charge on any atom is 0.136 e. The first-order chi connectivity index (χ1) is 7.15. The molecule has 0 aromatic heterocycles. The van der Waals surface area contributed by atoms with Gasteiger partial charge in [-0.1, -0.05) is 12.1 Å². The van der Waals surface area contributed by atoms with Crippen LogP contribution >= 0.6 is 11.8 Å². The Morgan fingerprint density at radius 2 is 2.00 bits per heavy atom. The highest BCUT2D eigenvalue weighted by molar-refractivity contribution is 7.98. The summed E-state index contributed by atoms with van der Waals surface area (Å²) < 4.78 is 12.6. The van der Waals surface area contributed by atoms with Crippen LogP contribution in [0.25, 0.3) is 0 Å². The summed E-state index contributed by atoms with van der Waals surface area (Å²) >= 11 is 1.42. The van der Waals surface area contributed by atoms with E-state index in [0.717, 1.165) is 12.8 Å². The molecular weight excluding hydrogens is 211 g/mol. The predicted molar refractivity (Wildman–Crippen MR) is 61.6 cm³/mol. The number of rotatable bonds is 2. The molecule has 0 amide bonds. The third-order valence-corrected chi connectivity index (χ3v) is 2.98. The van der Waals surface area contributed by atoms with Gasteiger partial charge in [0.25, 0.3) is 0 Å². The van der Waals surface area contributed by atoms with E-state index in [2.05, 4.69) is 0 Å². The van der Waals surface area contributed by atoms with Crippen LogP contribution in [0.2, 0.25) is 0 Å². The fraction of sp³-hybridized carbons (Fsp3) is 0.417. The second-order valence-electron chi connectivity index (χ2n) is 3.52. The van der Waals surface area contributed by atoms with Gasteiger partial charge in [0, 0.05) is 10.8 Å². The van der Waals surface area contributed by atoms with Crippen LogP contribution in [0.15, 0.2) is 29.2 Å². The van der Waals surface area contributed by atoms with E-state index < -0.39 is 0 Å². The lowest BCUT2D eigenvalue weighted by Crippen LogP contribution is -1.88. The standard InChI is InChI=1S/C7H7FS.C5H8O/c1-9-7-5-3-2-4-6(7)8;1-4(6)5-2-3-5/h2-5H,1H3;5H,2-3H2,1H3. The summed E-state index contributed by atoms with van der Waals surface area (Å²) in [5.41, 5.74) is 0. The first-order valence-electron chi connectivity index (χ1n) is 4.94. The molecule has 1 saturated carbocycles. The molecule has 3 heteroatoms. The molecule has 1 aliphatic carbocycles. The highest BCUT2D eigenvalue weighted by Gasteiger charge is 2.25. The fourth-order valence-electron chi connectivity index (χ4n) is 1.10. The number of Topliss-reactive ketones (excluding diaryl/α,β-unsaturated/α-hetero) is 1. The lowest BCUT2D eigenvalue weighted by molar-refractivity contribution is -0.118. The van der Waals surface area contributed by atoms with Gasteiger partial charge in [0.05, 0.1) is 0 Å². The molecule has 0 heterocycles. The summed E-state index contributed by atoms with van der Waals surface area (Å²) in [6.45, 7) is 1.66. The van der Waals surface area contributed by atoms with Gasteiger partial charge >= 0.3 is 0 Å². The Morgan fingerprint density at radius 1 is 1.40 bits per heavy atom. The molecule has 0 aliphatic heterocycles. The molecule has 82 valence electrons. The third kappa shape index (κ3) is 4.47. The fourth-order valence-corrected chi connectivity index (χ4v) is 1.58. The number of halogens is 1. The van der Waals surface area contributed by atoms with Gasteiger partial charge in [0.1, 0.15) is 11.6 Å². The van der Waals surface area contributed by atoms with Crippen molar-refractivity contribution < 1.29 is 9.18 Å². The van der Waals surface area contributed by atoms with E-state index in [9.17, 15) is 9.18 Å². The van der Waals surface area contributed by atoms with Gasteiger partial charge in [0.15, 0.2) is 0 Å². The Hall–Kier alpha value is -0.830. The molecule has 0 radical (unpaired) electrons. The van der Waals surface area contributed by atoms with Gasteiger partial charge < -0.3 is 0 Å².